The lowest BCUT2D eigenvalue weighted by molar-refractivity contribution is 0.140. The van der Waals surface area contributed by atoms with Crippen molar-refractivity contribution in [2.75, 3.05) is 26.7 Å². The van der Waals surface area contributed by atoms with Gasteiger partial charge in [0.05, 0.1) is 12.6 Å². The number of thiophene rings is 1. The van der Waals surface area contributed by atoms with Crippen molar-refractivity contribution in [3.8, 4) is 0 Å². The Labute approximate surface area is 165 Å². The lowest BCUT2D eigenvalue weighted by atomic mass is 9.97. The summed E-state index contributed by atoms with van der Waals surface area (Å²) in [5, 5.41) is 17.2. The lowest BCUT2D eigenvalue weighted by Crippen LogP contribution is -2.45. The van der Waals surface area contributed by atoms with Gasteiger partial charge in [0.25, 0.3) is 0 Å². The van der Waals surface area contributed by atoms with E-state index in [0.717, 1.165) is 43.9 Å². The highest BCUT2D eigenvalue weighted by molar-refractivity contribution is 7.10. The van der Waals surface area contributed by atoms with Crippen LogP contribution in [0, 0.1) is 5.92 Å². The molecule has 0 aromatic carbocycles. The molecule has 1 atom stereocenters. The molecule has 0 radical (unpaired) electrons. The molecule has 2 aromatic rings. The molecular weight excluding hydrogens is 358 g/mol. The Morgan fingerprint density at radius 1 is 1.37 bits per heavy atom. The highest BCUT2D eigenvalue weighted by Crippen LogP contribution is 2.29. The van der Waals surface area contributed by atoms with Gasteiger partial charge in [-0.1, -0.05) is 13.0 Å². The van der Waals surface area contributed by atoms with E-state index in [1.807, 2.05) is 23.0 Å². The predicted molar refractivity (Wildman–Crippen MR) is 111 cm³/mol. The van der Waals surface area contributed by atoms with Gasteiger partial charge in [-0.3, -0.25) is 9.89 Å². The summed E-state index contributed by atoms with van der Waals surface area (Å²) >= 11 is 1.84. The molecule has 0 saturated carbocycles. The van der Waals surface area contributed by atoms with E-state index in [0.29, 0.717) is 12.6 Å². The number of aryl methyl sites for hydroxylation is 1. The molecule has 1 saturated heterocycles. The highest BCUT2D eigenvalue weighted by atomic mass is 32.1. The maximum atomic E-state index is 4.38. The molecule has 0 spiro atoms. The number of likely N-dealkylation sites (tertiary alicyclic amines) is 1. The highest BCUT2D eigenvalue weighted by Gasteiger charge is 2.25. The maximum Gasteiger partial charge on any atom is 0.191 e. The zero-order valence-corrected chi connectivity index (χ0v) is 17.4. The molecule has 7 nitrogen and oxygen atoms in total. The molecule has 27 heavy (non-hydrogen) atoms. The van der Waals surface area contributed by atoms with Crippen LogP contribution in [0.1, 0.15) is 43.4 Å². The van der Waals surface area contributed by atoms with E-state index in [4.69, 9.17) is 0 Å². The number of hydrogen-bond acceptors (Lipinski definition) is 5. The van der Waals surface area contributed by atoms with Crippen molar-refractivity contribution >= 4 is 17.3 Å². The van der Waals surface area contributed by atoms with Crippen LogP contribution in [0.4, 0.5) is 0 Å². The quantitative estimate of drug-likeness (QED) is 0.562. The Morgan fingerprint density at radius 3 is 2.85 bits per heavy atom. The van der Waals surface area contributed by atoms with Crippen LogP contribution in [0.2, 0.25) is 0 Å². The zero-order chi connectivity index (χ0) is 19.1. The third kappa shape index (κ3) is 5.29. The first-order valence-electron chi connectivity index (χ1n) is 9.80. The summed E-state index contributed by atoms with van der Waals surface area (Å²) in [6.45, 7) is 9.09. The van der Waals surface area contributed by atoms with Crippen molar-refractivity contribution in [3.63, 3.8) is 0 Å². The van der Waals surface area contributed by atoms with Crippen molar-refractivity contribution in [1.29, 1.82) is 0 Å². The molecule has 1 unspecified atom stereocenters. The van der Waals surface area contributed by atoms with Gasteiger partial charge in [-0.05, 0) is 50.2 Å². The van der Waals surface area contributed by atoms with Gasteiger partial charge in [0.2, 0.25) is 0 Å². The van der Waals surface area contributed by atoms with Crippen LogP contribution < -0.4 is 10.6 Å². The lowest BCUT2D eigenvalue weighted by Gasteiger charge is -2.36. The molecule has 0 bridgehead atoms. The normalized spacial score (nSPS) is 17.8. The molecule has 3 rings (SSSR count). The van der Waals surface area contributed by atoms with Gasteiger partial charge in [0.1, 0.15) is 6.33 Å². The van der Waals surface area contributed by atoms with Crippen molar-refractivity contribution in [2.45, 2.75) is 45.8 Å². The number of hydrogen-bond donors (Lipinski definition) is 2. The monoisotopic (exact) mass is 389 g/mol. The van der Waals surface area contributed by atoms with E-state index in [2.05, 4.69) is 62.1 Å². The summed E-state index contributed by atoms with van der Waals surface area (Å²) in [5.74, 6) is 2.55. The third-order valence-corrected chi connectivity index (χ3v) is 6.24. The zero-order valence-electron chi connectivity index (χ0n) is 16.6. The minimum Gasteiger partial charge on any atom is -0.354 e. The average molecular weight is 390 g/mol. The Bertz CT molecular complexity index is 701. The molecule has 1 aliphatic rings. The van der Waals surface area contributed by atoms with Crippen LogP contribution in [-0.4, -0.2) is 52.3 Å². The van der Waals surface area contributed by atoms with Gasteiger partial charge in [-0.2, -0.15) is 0 Å². The van der Waals surface area contributed by atoms with Crippen LogP contribution in [0.25, 0.3) is 0 Å². The molecule has 0 aliphatic carbocycles. The molecule has 1 fully saturated rings. The second-order valence-corrected chi connectivity index (χ2v) is 8.07. The van der Waals surface area contributed by atoms with E-state index in [1.165, 1.54) is 17.7 Å². The summed E-state index contributed by atoms with van der Waals surface area (Å²) in [7, 11) is 1.81. The van der Waals surface area contributed by atoms with E-state index in [9.17, 15) is 0 Å². The first-order chi connectivity index (χ1) is 13.2. The minimum absolute atomic E-state index is 0.385. The first-order valence-corrected chi connectivity index (χ1v) is 10.7. The SMILES string of the molecule is CCn1cnnc1CNC(=NC)NCC(c1cccs1)N1CCC(C)CC1. The van der Waals surface area contributed by atoms with Crippen molar-refractivity contribution in [3.05, 3.63) is 34.5 Å². The Kier molecular flexibility index (Phi) is 7.23. The number of guanidine groups is 1. The fraction of sp³-hybridized carbons (Fsp3) is 0.632. The minimum atomic E-state index is 0.385. The maximum absolute atomic E-state index is 4.38. The second kappa shape index (κ2) is 9.85. The Hall–Kier alpha value is -1.93. The molecule has 148 valence electrons. The molecule has 2 N–H and O–H groups in total. The van der Waals surface area contributed by atoms with Crippen LogP contribution in [-0.2, 0) is 13.1 Å². The number of piperidine rings is 1. The molecule has 2 aromatic heterocycles. The van der Waals surface area contributed by atoms with Crippen LogP contribution >= 0.6 is 11.3 Å². The largest absolute Gasteiger partial charge is 0.354 e. The number of aromatic nitrogens is 3. The van der Waals surface area contributed by atoms with E-state index in [-0.39, 0.29) is 0 Å². The summed E-state index contributed by atoms with van der Waals surface area (Å²) in [4.78, 5) is 8.40. The Morgan fingerprint density at radius 2 is 2.19 bits per heavy atom. The van der Waals surface area contributed by atoms with Crippen molar-refractivity contribution < 1.29 is 0 Å². The molecule has 8 heteroatoms. The van der Waals surface area contributed by atoms with Crippen molar-refractivity contribution in [2.24, 2.45) is 10.9 Å². The van der Waals surface area contributed by atoms with Gasteiger partial charge >= 0.3 is 0 Å². The van der Waals surface area contributed by atoms with Crippen molar-refractivity contribution in [1.82, 2.24) is 30.3 Å². The van der Waals surface area contributed by atoms with E-state index >= 15 is 0 Å². The molecule has 1 aliphatic heterocycles. The smallest absolute Gasteiger partial charge is 0.191 e. The fourth-order valence-electron chi connectivity index (χ4n) is 3.49. The molecule has 0 amide bonds. The number of nitrogens with zero attached hydrogens (tertiary/aromatic N) is 5. The summed E-state index contributed by atoms with van der Waals surface area (Å²) < 4.78 is 2.03. The summed E-state index contributed by atoms with van der Waals surface area (Å²) in [5.41, 5.74) is 0. The van der Waals surface area contributed by atoms with Crippen LogP contribution in [0.15, 0.2) is 28.8 Å². The first kappa shape index (κ1) is 19.8. The number of rotatable bonds is 7. The van der Waals surface area contributed by atoms with Gasteiger partial charge < -0.3 is 15.2 Å². The van der Waals surface area contributed by atoms with E-state index < -0.39 is 0 Å². The Balaban J connectivity index is 1.58. The topological polar surface area (TPSA) is 70.4 Å². The summed E-state index contributed by atoms with van der Waals surface area (Å²) in [6.07, 6.45) is 4.32. The standard InChI is InChI=1S/C19H31N7S/c1-4-25-14-23-24-18(25)13-22-19(20-3)21-12-16(17-6-5-11-27-17)26-9-7-15(2)8-10-26/h5-6,11,14-16H,4,7-10,12-13H2,1-3H3,(H2,20,21,22). The molecule has 3 heterocycles. The summed E-state index contributed by atoms with van der Waals surface area (Å²) in [6, 6.07) is 4.77. The van der Waals surface area contributed by atoms with Gasteiger partial charge in [-0.15, -0.1) is 21.5 Å². The van der Waals surface area contributed by atoms with Gasteiger partial charge in [0, 0.05) is 25.0 Å². The molecular formula is C19H31N7S. The van der Waals surface area contributed by atoms with Gasteiger partial charge in [-0.25, -0.2) is 0 Å². The fourth-order valence-corrected chi connectivity index (χ4v) is 4.35. The number of aliphatic imine (C=N–C) groups is 1. The number of nitrogens with one attached hydrogen (secondary N) is 2. The van der Waals surface area contributed by atoms with E-state index in [1.54, 1.807) is 6.33 Å². The predicted octanol–water partition coefficient (Wildman–Crippen LogP) is 2.50. The van der Waals surface area contributed by atoms with Crippen LogP contribution in [0.5, 0.6) is 0 Å². The average Bonchev–Trinajstić information content (AvgIpc) is 3.37. The van der Waals surface area contributed by atoms with Gasteiger partial charge in [0.15, 0.2) is 11.8 Å². The third-order valence-electron chi connectivity index (χ3n) is 5.27. The van der Waals surface area contributed by atoms with Crippen LogP contribution in [0.3, 0.4) is 0 Å². The second-order valence-electron chi connectivity index (χ2n) is 7.09.